The lowest BCUT2D eigenvalue weighted by Crippen LogP contribution is -2.44. The Hall–Kier alpha value is -3.11. The van der Waals surface area contributed by atoms with Gasteiger partial charge >= 0.3 is 0 Å². The fourth-order valence-corrected chi connectivity index (χ4v) is 3.46. The molecule has 0 fully saturated rings. The highest BCUT2D eigenvalue weighted by molar-refractivity contribution is 6.01. The third-order valence-corrected chi connectivity index (χ3v) is 4.89. The molecule has 0 saturated carbocycles. The van der Waals surface area contributed by atoms with Crippen LogP contribution in [0.25, 0.3) is 11.1 Å². The lowest BCUT2D eigenvalue weighted by atomic mass is 10.00. The van der Waals surface area contributed by atoms with Crippen LogP contribution in [-0.4, -0.2) is 31.1 Å². The molecular formula is C23H22N2O2. The summed E-state index contributed by atoms with van der Waals surface area (Å²) in [6.45, 7) is 1.02. The van der Waals surface area contributed by atoms with E-state index in [1.807, 2.05) is 47.4 Å². The van der Waals surface area contributed by atoms with Gasteiger partial charge in [0.25, 0.3) is 5.91 Å². The van der Waals surface area contributed by atoms with Crippen molar-refractivity contribution in [3.05, 3.63) is 90.0 Å². The Labute approximate surface area is 159 Å². The third kappa shape index (κ3) is 3.44. The highest BCUT2D eigenvalue weighted by Crippen LogP contribution is 2.33. The molecule has 0 unspecified atom stereocenters. The molecule has 1 heterocycles. The van der Waals surface area contributed by atoms with Gasteiger partial charge in [-0.05, 0) is 28.8 Å². The maximum absolute atomic E-state index is 13.0. The monoisotopic (exact) mass is 358 g/mol. The van der Waals surface area contributed by atoms with Crippen LogP contribution >= 0.6 is 0 Å². The second kappa shape index (κ2) is 7.64. The standard InChI is InChI=1S/C23H22N2O2/c1-27-16-15-25-22(24-21-10-6-5-9-20(21)23(25)26)19-13-11-18(12-14-19)17-7-3-2-4-8-17/h2-14,22,24H,15-16H2,1H3/t22-/m0/s1. The molecule has 1 N–H and O–H groups in total. The topological polar surface area (TPSA) is 41.6 Å². The second-order valence-electron chi connectivity index (χ2n) is 6.57. The van der Waals surface area contributed by atoms with Gasteiger partial charge in [0.1, 0.15) is 6.17 Å². The Kier molecular flexibility index (Phi) is 4.90. The van der Waals surface area contributed by atoms with E-state index in [0.29, 0.717) is 18.7 Å². The second-order valence-corrected chi connectivity index (χ2v) is 6.57. The summed E-state index contributed by atoms with van der Waals surface area (Å²) in [4.78, 5) is 14.9. The lowest BCUT2D eigenvalue weighted by molar-refractivity contribution is 0.0609. The molecule has 0 bridgehead atoms. The number of carbonyl (C=O) groups is 1. The number of anilines is 1. The molecule has 1 aliphatic heterocycles. The molecule has 27 heavy (non-hydrogen) atoms. The van der Waals surface area contributed by atoms with Crippen LogP contribution in [0.5, 0.6) is 0 Å². The van der Waals surface area contributed by atoms with E-state index in [4.69, 9.17) is 4.74 Å². The van der Waals surface area contributed by atoms with Crippen LogP contribution in [0, 0.1) is 0 Å². The SMILES string of the molecule is COCCN1C(=O)c2ccccc2N[C@@H]1c1ccc(-c2ccccc2)cc1. The van der Waals surface area contributed by atoms with Gasteiger partial charge in [-0.1, -0.05) is 66.7 Å². The van der Waals surface area contributed by atoms with E-state index < -0.39 is 0 Å². The first-order chi connectivity index (χ1) is 13.3. The summed E-state index contributed by atoms with van der Waals surface area (Å²) in [7, 11) is 1.65. The van der Waals surface area contributed by atoms with Gasteiger partial charge in [0.05, 0.1) is 12.2 Å². The Morgan fingerprint density at radius 1 is 0.889 bits per heavy atom. The Morgan fingerprint density at radius 2 is 1.56 bits per heavy atom. The van der Waals surface area contributed by atoms with Crippen LogP contribution in [0.3, 0.4) is 0 Å². The summed E-state index contributed by atoms with van der Waals surface area (Å²) in [5.74, 6) is 0.0264. The fourth-order valence-electron chi connectivity index (χ4n) is 3.46. The quantitative estimate of drug-likeness (QED) is 0.727. The molecule has 0 spiro atoms. The van der Waals surface area contributed by atoms with E-state index in [1.165, 1.54) is 5.56 Å². The van der Waals surface area contributed by atoms with Crippen molar-refractivity contribution in [1.82, 2.24) is 4.90 Å². The molecular weight excluding hydrogens is 336 g/mol. The number of para-hydroxylation sites is 1. The van der Waals surface area contributed by atoms with Gasteiger partial charge in [0.2, 0.25) is 0 Å². The van der Waals surface area contributed by atoms with Gasteiger partial charge in [-0.15, -0.1) is 0 Å². The van der Waals surface area contributed by atoms with Crippen molar-refractivity contribution in [3.8, 4) is 11.1 Å². The van der Waals surface area contributed by atoms with Crippen molar-refractivity contribution in [2.75, 3.05) is 25.6 Å². The van der Waals surface area contributed by atoms with Gasteiger partial charge < -0.3 is 15.0 Å². The summed E-state index contributed by atoms with van der Waals surface area (Å²) >= 11 is 0. The Bertz CT molecular complexity index is 923. The number of amides is 1. The first-order valence-corrected chi connectivity index (χ1v) is 9.09. The van der Waals surface area contributed by atoms with Crippen molar-refractivity contribution in [3.63, 3.8) is 0 Å². The van der Waals surface area contributed by atoms with E-state index >= 15 is 0 Å². The third-order valence-electron chi connectivity index (χ3n) is 4.89. The maximum Gasteiger partial charge on any atom is 0.257 e. The van der Waals surface area contributed by atoms with E-state index in [1.54, 1.807) is 7.11 Å². The van der Waals surface area contributed by atoms with Crippen molar-refractivity contribution in [2.24, 2.45) is 0 Å². The number of methoxy groups -OCH3 is 1. The first kappa shape index (κ1) is 17.3. The van der Waals surface area contributed by atoms with Crippen molar-refractivity contribution < 1.29 is 9.53 Å². The normalized spacial score (nSPS) is 16.0. The first-order valence-electron chi connectivity index (χ1n) is 9.09. The average Bonchev–Trinajstić information content (AvgIpc) is 2.74. The predicted molar refractivity (Wildman–Crippen MR) is 108 cm³/mol. The molecule has 0 aliphatic carbocycles. The van der Waals surface area contributed by atoms with Crippen LogP contribution in [0.15, 0.2) is 78.9 Å². The van der Waals surface area contributed by atoms with Gasteiger partial charge in [-0.2, -0.15) is 0 Å². The molecule has 0 radical (unpaired) electrons. The number of hydrogen-bond acceptors (Lipinski definition) is 3. The molecule has 0 saturated heterocycles. The average molecular weight is 358 g/mol. The molecule has 4 heteroatoms. The molecule has 4 rings (SSSR count). The van der Waals surface area contributed by atoms with E-state index in [9.17, 15) is 4.79 Å². The minimum atomic E-state index is -0.215. The van der Waals surface area contributed by atoms with E-state index in [0.717, 1.165) is 16.8 Å². The number of ether oxygens (including phenoxy) is 1. The molecule has 0 aromatic heterocycles. The van der Waals surface area contributed by atoms with Crippen LogP contribution in [0.4, 0.5) is 5.69 Å². The molecule has 3 aromatic carbocycles. The number of fused-ring (bicyclic) bond motifs is 1. The summed E-state index contributed by atoms with van der Waals surface area (Å²) in [5, 5.41) is 3.51. The predicted octanol–water partition coefficient (Wildman–Crippen LogP) is 4.57. The molecule has 3 aromatic rings. The summed E-state index contributed by atoms with van der Waals surface area (Å²) in [6.07, 6.45) is -0.215. The van der Waals surface area contributed by atoms with Crippen LogP contribution in [-0.2, 0) is 4.74 Å². The van der Waals surface area contributed by atoms with Gasteiger partial charge in [-0.3, -0.25) is 4.79 Å². The number of hydrogen-bond donors (Lipinski definition) is 1. The number of nitrogens with one attached hydrogen (secondary N) is 1. The van der Waals surface area contributed by atoms with Crippen LogP contribution in [0.1, 0.15) is 22.1 Å². The van der Waals surface area contributed by atoms with Crippen molar-refractivity contribution in [1.29, 1.82) is 0 Å². The molecule has 1 atom stereocenters. The summed E-state index contributed by atoms with van der Waals surface area (Å²) in [6, 6.07) is 26.3. The minimum Gasteiger partial charge on any atom is -0.383 e. The molecule has 4 nitrogen and oxygen atoms in total. The van der Waals surface area contributed by atoms with Gasteiger partial charge in [-0.25, -0.2) is 0 Å². The lowest BCUT2D eigenvalue weighted by Gasteiger charge is -2.38. The molecule has 136 valence electrons. The Morgan fingerprint density at radius 3 is 2.30 bits per heavy atom. The largest absolute Gasteiger partial charge is 0.383 e. The van der Waals surface area contributed by atoms with E-state index in [2.05, 4.69) is 41.7 Å². The van der Waals surface area contributed by atoms with Gasteiger partial charge in [0.15, 0.2) is 0 Å². The summed E-state index contributed by atoms with van der Waals surface area (Å²) < 4.78 is 5.22. The molecule has 1 amide bonds. The molecule has 1 aliphatic rings. The zero-order chi connectivity index (χ0) is 18.6. The number of carbonyl (C=O) groups excluding carboxylic acids is 1. The van der Waals surface area contributed by atoms with Crippen LogP contribution in [0.2, 0.25) is 0 Å². The maximum atomic E-state index is 13.0. The highest BCUT2D eigenvalue weighted by atomic mass is 16.5. The minimum absolute atomic E-state index is 0.0264. The zero-order valence-corrected chi connectivity index (χ0v) is 15.3. The van der Waals surface area contributed by atoms with Crippen molar-refractivity contribution >= 4 is 11.6 Å². The van der Waals surface area contributed by atoms with Gasteiger partial charge in [0, 0.05) is 19.3 Å². The fraction of sp³-hybridized carbons (Fsp3) is 0.174. The summed E-state index contributed by atoms with van der Waals surface area (Å²) in [5.41, 5.74) is 4.95. The van der Waals surface area contributed by atoms with Crippen molar-refractivity contribution in [2.45, 2.75) is 6.17 Å². The zero-order valence-electron chi connectivity index (χ0n) is 15.3. The van der Waals surface area contributed by atoms with E-state index in [-0.39, 0.29) is 12.1 Å². The smallest absolute Gasteiger partial charge is 0.257 e. The van der Waals surface area contributed by atoms with Crippen LogP contribution < -0.4 is 5.32 Å². The number of nitrogens with zero attached hydrogens (tertiary/aromatic N) is 1. The number of benzene rings is 3. The number of rotatable bonds is 5. The highest BCUT2D eigenvalue weighted by Gasteiger charge is 2.32. The Balaban J connectivity index is 1.67.